The Balaban J connectivity index is 2.35. The molecule has 1 saturated heterocycles. The Hall–Kier alpha value is -1.45. The first-order valence-corrected chi connectivity index (χ1v) is 8.13. The number of primary amides is 1. The minimum Gasteiger partial charge on any atom is -0.367 e. The second-order valence-electron chi connectivity index (χ2n) is 5.19. The van der Waals surface area contributed by atoms with Crippen molar-refractivity contribution in [1.29, 1.82) is 0 Å². The number of sulfonamides is 1. The highest BCUT2D eigenvalue weighted by atomic mass is 32.2. The lowest BCUT2D eigenvalue weighted by Crippen LogP contribution is -2.58. The van der Waals surface area contributed by atoms with Gasteiger partial charge in [0, 0.05) is 13.1 Å². The van der Waals surface area contributed by atoms with E-state index in [0.29, 0.717) is 12.2 Å². The fraction of sp³-hybridized carbons (Fsp3) is 0.667. The SMILES string of the molecule is CCn1ncc(S(=O)(=O)N2CCO[C@@](C)(C(N)=O)C2)c1C. The number of nitrogens with two attached hydrogens (primary N) is 1. The maximum absolute atomic E-state index is 12.7. The standard InChI is InChI=1S/C12H20N4O4S/c1-4-16-9(2)10(7-14-16)21(18,19)15-5-6-20-12(3,8-15)11(13)17/h7H,4-6,8H2,1-3H3,(H2,13,17)/t12-/m1/s1. The molecule has 1 fully saturated rings. The molecule has 2 heterocycles. The van der Waals surface area contributed by atoms with Gasteiger partial charge in [-0.3, -0.25) is 9.48 Å². The third-order valence-electron chi connectivity index (χ3n) is 3.74. The Morgan fingerprint density at radius 3 is 2.76 bits per heavy atom. The van der Waals surface area contributed by atoms with Crippen LogP contribution in [0.25, 0.3) is 0 Å². The van der Waals surface area contributed by atoms with Crippen molar-refractivity contribution in [2.24, 2.45) is 5.73 Å². The summed E-state index contributed by atoms with van der Waals surface area (Å²) in [6, 6.07) is 0. The molecule has 0 spiro atoms. The topological polar surface area (TPSA) is 108 Å². The molecule has 0 aromatic carbocycles. The van der Waals surface area contributed by atoms with Crippen LogP contribution in [0.4, 0.5) is 0 Å². The second kappa shape index (κ2) is 5.39. The van der Waals surface area contributed by atoms with Crippen molar-refractivity contribution in [3.8, 4) is 0 Å². The first-order chi connectivity index (χ1) is 9.72. The van der Waals surface area contributed by atoms with E-state index in [9.17, 15) is 13.2 Å². The quantitative estimate of drug-likeness (QED) is 0.804. The number of aryl methyl sites for hydroxylation is 1. The van der Waals surface area contributed by atoms with Crippen LogP contribution in [0.15, 0.2) is 11.1 Å². The van der Waals surface area contributed by atoms with Crippen molar-refractivity contribution in [2.75, 3.05) is 19.7 Å². The summed E-state index contributed by atoms with van der Waals surface area (Å²) in [6.07, 6.45) is 1.34. The van der Waals surface area contributed by atoms with Gasteiger partial charge in [-0.05, 0) is 20.8 Å². The lowest BCUT2D eigenvalue weighted by Gasteiger charge is -2.37. The van der Waals surface area contributed by atoms with Crippen LogP contribution in [-0.2, 0) is 26.1 Å². The third-order valence-corrected chi connectivity index (χ3v) is 5.68. The average Bonchev–Trinajstić information content (AvgIpc) is 2.80. The van der Waals surface area contributed by atoms with Crippen LogP contribution in [0.3, 0.4) is 0 Å². The molecule has 0 unspecified atom stereocenters. The van der Waals surface area contributed by atoms with Crippen molar-refractivity contribution in [3.05, 3.63) is 11.9 Å². The molecule has 1 aromatic rings. The lowest BCUT2D eigenvalue weighted by atomic mass is 10.1. The van der Waals surface area contributed by atoms with Crippen molar-refractivity contribution in [3.63, 3.8) is 0 Å². The smallest absolute Gasteiger partial charge is 0.250 e. The summed E-state index contributed by atoms with van der Waals surface area (Å²) in [5.74, 6) is -0.677. The zero-order chi connectivity index (χ0) is 15.8. The van der Waals surface area contributed by atoms with Crippen molar-refractivity contribution in [1.82, 2.24) is 14.1 Å². The van der Waals surface area contributed by atoms with Crippen LogP contribution in [0.1, 0.15) is 19.5 Å². The van der Waals surface area contributed by atoms with Gasteiger partial charge in [-0.1, -0.05) is 0 Å². The molecule has 0 saturated carbocycles. The maximum Gasteiger partial charge on any atom is 0.250 e. The molecule has 0 aliphatic carbocycles. The Labute approximate surface area is 123 Å². The summed E-state index contributed by atoms with van der Waals surface area (Å²) in [5.41, 5.74) is 4.57. The Morgan fingerprint density at radius 2 is 2.24 bits per heavy atom. The van der Waals surface area contributed by atoms with Gasteiger partial charge >= 0.3 is 0 Å². The molecule has 1 amide bonds. The van der Waals surface area contributed by atoms with E-state index >= 15 is 0 Å². The fourth-order valence-corrected chi connectivity index (χ4v) is 4.00. The molecule has 2 rings (SSSR count). The van der Waals surface area contributed by atoms with E-state index in [1.54, 1.807) is 11.6 Å². The molecule has 8 nitrogen and oxygen atoms in total. The van der Waals surface area contributed by atoms with Gasteiger partial charge < -0.3 is 10.5 Å². The van der Waals surface area contributed by atoms with E-state index in [1.165, 1.54) is 17.4 Å². The molecule has 118 valence electrons. The monoisotopic (exact) mass is 316 g/mol. The summed E-state index contributed by atoms with van der Waals surface area (Å²) in [4.78, 5) is 11.6. The number of carbonyl (C=O) groups excluding carboxylic acids is 1. The van der Waals surface area contributed by atoms with Crippen LogP contribution < -0.4 is 5.73 Å². The van der Waals surface area contributed by atoms with Gasteiger partial charge in [-0.2, -0.15) is 9.40 Å². The summed E-state index contributed by atoms with van der Waals surface area (Å²) in [6.45, 7) is 5.89. The number of carbonyl (C=O) groups is 1. The summed E-state index contributed by atoms with van der Waals surface area (Å²) >= 11 is 0. The molecular weight excluding hydrogens is 296 g/mol. The zero-order valence-electron chi connectivity index (χ0n) is 12.4. The fourth-order valence-electron chi connectivity index (χ4n) is 2.33. The molecule has 1 aromatic heterocycles. The van der Waals surface area contributed by atoms with Crippen molar-refractivity contribution < 1.29 is 17.9 Å². The Morgan fingerprint density at radius 1 is 1.57 bits per heavy atom. The number of rotatable bonds is 4. The lowest BCUT2D eigenvalue weighted by molar-refractivity contribution is -0.148. The Kier molecular flexibility index (Phi) is 4.09. The summed E-state index contributed by atoms with van der Waals surface area (Å²) in [7, 11) is -3.72. The van der Waals surface area contributed by atoms with E-state index in [-0.39, 0.29) is 24.6 Å². The summed E-state index contributed by atoms with van der Waals surface area (Å²) < 4.78 is 33.6. The van der Waals surface area contributed by atoms with Crippen LogP contribution in [0.2, 0.25) is 0 Å². The summed E-state index contributed by atoms with van der Waals surface area (Å²) in [5, 5.41) is 4.05. The minimum absolute atomic E-state index is 0.0958. The van der Waals surface area contributed by atoms with Crippen molar-refractivity contribution >= 4 is 15.9 Å². The number of ether oxygens (including phenoxy) is 1. The molecule has 1 aliphatic rings. The van der Waals surface area contributed by atoms with Crippen LogP contribution >= 0.6 is 0 Å². The van der Waals surface area contributed by atoms with Crippen LogP contribution in [0.5, 0.6) is 0 Å². The molecule has 1 atom stereocenters. The van der Waals surface area contributed by atoms with Gasteiger partial charge in [0.25, 0.3) is 5.91 Å². The van der Waals surface area contributed by atoms with E-state index in [2.05, 4.69) is 5.10 Å². The van der Waals surface area contributed by atoms with E-state index in [0.717, 1.165) is 0 Å². The van der Waals surface area contributed by atoms with Gasteiger partial charge in [0.1, 0.15) is 4.90 Å². The molecule has 2 N–H and O–H groups in total. The molecule has 0 radical (unpaired) electrons. The molecular formula is C12H20N4O4S. The van der Waals surface area contributed by atoms with Gasteiger partial charge in [-0.15, -0.1) is 0 Å². The first kappa shape index (κ1) is 15.9. The highest BCUT2D eigenvalue weighted by Crippen LogP contribution is 2.25. The third kappa shape index (κ3) is 2.68. The highest BCUT2D eigenvalue weighted by Gasteiger charge is 2.42. The minimum atomic E-state index is -3.72. The zero-order valence-corrected chi connectivity index (χ0v) is 13.2. The van der Waals surface area contributed by atoms with Crippen LogP contribution in [0, 0.1) is 6.92 Å². The maximum atomic E-state index is 12.7. The molecule has 0 bridgehead atoms. The number of hydrogen-bond acceptors (Lipinski definition) is 5. The molecule has 9 heteroatoms. The van der Waals surface area contributed by atoms with E-state index in [1.807, 2.05) is 6.92 Å². The van der Waals surface area contributed by atoms with Gasteiger partial charge in [0.2, 0.25) is 10.0 Å². The predicted octanol–water partition coefficient (Wildman–Crippen LogP) is -0.524. The van der Waals surface area contributed by atoms with Gasteiger partial charge in [0.15, 0.2) is 5.60 Å². The largest absolute Gasteiger partial charge is 0.367 e. The highest BCUT2D eigenvalue weighted by molar-refractivity contribution is 7.89. The number of hydrogen-bond donors (Lipinski definition) is 1. The van der Waals surface area contributed by atoms with Crippen molar-refractivity contribution in [2.45, 2.75) is 37.8 Å². The number of amides is 1. The normalized spacial score (nSPS) is 24.1. The molecule has 21 heavy (non-hydrogen) atoms. The number of aromatic nitrogens is 2. The average molecular weight is 316 g/mol. The molecule has 1 aliphatic heterocycles. The van der Waals surface area contributed by atoms with E-state index in [4.69, 9.17) is 10.5 Å². The number of morpholine rings is 1. The van der Waals surface area contributed by atoms with Gasteiger partial charge in [0.05, 0.1) is 25.0 Å². The number of nitrogens with zero attached hydrogens (tertiary/aromatic N) is 3. The van der Waals surface area contributed by atoms with E-state index < -0.39 is 21.5 Å². The van der Waals surface area contributed by atoms with Gasteiger partial charge in [-0.25, -0.2) is 8.42 Å². The predicted molar refractivity (Wildman–Crippen MR) is 74.9 cm³/mol. The second-order valence-corrected chi connectivity index (χ2v) is 7.10. The first-order valence-electron chi connectivity index (χ1n) is 6.69. The van der Waals surface area contributed by atoms with Crippen LogP contribution in [-0.4, -0.2) is 53.7 Å². The Bertz CT molecular complexity index is 654.